The molecule has 0 unspecified atom stereocenters. The predicted octanol–water partition coefficient (Wildman–Crippen LogP) is 3.06. The lowest BCUT2D eigenvalue weighted by molar-refractivity contribution is -0.121. The molecular weight excluding hydrogens is 306 g/mol. The van der Waals surface area contributed by atoms with Crippen molar-refractivity contribution in [3.63, 3.8) is 0 Å². The zero-order valence-corrected chi connectivity index (χ0v) is 13.7. The molecule has 1 aromatic carbocycles. The SMILES string of the molecule is C[C@@H](NC(=O)CCNC(=O)OC(C)(C)C)c1ccc(F)cc1F. The number of ether oxygens (including phenoxy) is 1. The van der Waals surface area contributed by atoms with Crippen molar-refractivity contribution in [1.82, 2.24) is 10.6 Å². The summed E-state index contributed by atoms with van der Waals surface area (Å²) >= 11 is 0. The van der Waals surface area contributed by atoms with Gasteiger partial charge in [0.05, 0.1) is 6.04 Å². The first-order valence-corrected chi connectivity index (χ1v) is 7.29. The van der Waals surface area contributed by atoms with E-state index in [0.717, 1.165) is 12.1 Å². The second-order valence-electron chi connectivity index (χ2n) is 6.13. The van der Waals surface area contributed by atoms with Gasteiger partial charge in [-0.1, -0.05) is 6.07 Å². The van der Waals surface area contributed by atoms with Gasteiger partial charge in [0.25, 0.3) is 0 Å². The van der Waals surface area contributed by atoms with Crippen molar-refractivity contribution in [2.45, 2.75) is 45.8 Å². The normalized spacial score (nSPS) is 12.4. The fraction of sp³-hybridized carbons (Fsp3) is 0.500. The minimum absolute atomic E-state index is 0.0202. The molecule has 0 saturated carbocycles. The van der Waals surface area contributed by atoms with Crippen molar-refractivity contribution in [3.05, 3.63) is 35.4 Å². The van der Waals surface area contributed by atoms with E-state index in [4.69, 9.17) is 4.74 Å². The van der Waals surface area contributed by atoms with E-state index in [0.29, 0.717) is 0 Å². The number of nitrogens with one attached hydrogen (secondary N) is 2. The van der Waals surface area contributed by atoms with Gasteiger partial charge in [-0.25, -0.2) is 13.6 Å². The van der Waals surface area contributed by atoms with E-state index >= 15 is 0 Å². The zero-order valence-electron chi connectivity index (χ0n) is 13.7. The minimum Gasteiger partial charge on any atom is -0.444 e. The quantitative estimate of drug-likeness (QED) is 0.873. The van der Waals surface area contributed by atoms with Crippen LogP contribution in [-0.4, -0.2) is 24.1 Å². The predicted molar refractivity (Wildman–Crippen MR) is 81.8 cm³/mol. The molecule has 0 aliphatic heterocycles. The Morgan fingerprint density at radius 1 is 1.26 bits per heavy atom. The number of rotatable bonds is 5. The maximum Gasteiger partial charge on any atom is 0.407 e. The molecule has 0 aromatic heterocycles. The van der Waals surface area contributed by atoms with E-state index in [1.807, 2.05) is 0 Å². The Morgan fingerprint density at radius 2 is 1.91 bits per heavy atom. The van der Waals surface area contributed by atoms with Gasteiger partial charge in [-0.2, -0.15) is 0 Å². The van der Waals surface area contributed by atoms with Crippen molar-refractivity contribution in [3.8, 4) is 0 Å². The number of benzene rings is 1. The first kappa shape index (κ1) is 18.9. The lowest BCUT2D eigenvalue weighted by Gasteiger charge is -2.19. The van der Waals surface area contributed by atoms with Crippen LogP contribution in [0.1, 0.15) is 45.7 Å². The molecule has 0 aliphatic rings. The van der Waals surface area contributed by atoms with Crippen LogP contribution in [0.2, 0.25) is 0 Å². The molecule has 0 bridgehead atoms. The number of amides is 2. The first-order valence-electron chi connectivity index (χ1n) is 7.29. The van der Waals surface area contributed by atoms with Crippen LogP contribution in [0, 0.1) is 11.6 Å². The highest BCUT2D eigenvalue weighted by atomic mass is 19.1. The Morgan fingerprint density at radius 3 is 2.48 bits per heavy atom. The summed E-state index contributed by atoms with van der Waals surface area (Å²) in [6.07, 6.45) is -0.588. The van der Waals surface area contributed by atoms with E-state index in [1.165, 1.54) is 6.07 Å². The molecule has 2 amide bonds. The number of carbonyl (C=O) groups is 2. The van der Waals surface area contributed by atoms with Gasteiger partial charge < -0.3 is 15.4 Å². The van der Waals surface area contributed by atoms with Crippen LogP contribution in [0.3, 0.4) is 0 Å². The van der Waals surface area contributed by atoms with Gasteiger partial charge in [0.1, 0.15) is 17.2 Å². The highest BCUT2D eigenvalue weighted by Gasteiger charge is 2.17. The summed E-state index contributed by atoms with van der Waals surface area (Å²) in [7, 11) is 0. The fourth-order valence-electron chi connectivity index (χ4n) is 1.84. The maximum absolute atomic E-state index is 13.6. The highest BCUT2D eigenvalue weighted by molar-refractivity contribution is 5.77. The summed E-state index contributed by atoms with van der Waals surface area (Å²) in [6, 6.07) is 2.58. The van der Waals surface area contributed by atoms with Gasteiger partial charge in [-0.05, 0) is 33.8 Å². The van der Waals surface area contributed by atoms with Crippen molar-refractivity contribution in [2.24, 2.45) is 0 Å². The number of halogens is 2. The molecule has 0 saturated heterocycles. The minimum atomic E-state index is -0.718. The molecular formula is C16H22F2N2O3. The molecule has 7 heteroatoms. The summed E-state index contributed by atoms with van der Waals surface area (Å²) in [4.78, 5) is 23.2. The molecule has 1 rings (SSSR count). The molecule has 0 fully saturated rings. The molecule has 23 heavy (non-hydrogen) atoms. The molecule has 0 spiro atoms. The van der Waals surface area contributed by atoms with Crippen LogP contribution in [-0.2, 0) is 9.53 Å². The van der Waals surface area contributed by atoms with Crippen molar-refractivity contribution in [1.29, 1.82) is 0 Å². The van der Waals surface area contributed by atoms with E-state index in [-0.39, 0.29) is 24.4 Å². The van der Waals surface area contributed by atoms with Gasteiger partial charge in [-0.15, -0.1) is 0 Å². The van der Waals surface area contributed by atoms with Crippen LogP contribution in [0.15, 0.2) is 18.2 Å². The molecule has 5 nitrogen and oxygen atoms in total. The smallest absolute Gasteiger partial charge is 0.407 e. The molecule has 0 radical (unpaired) electrons. The van der Waals surface area contributed by atoms with Gasteiger partial charge in [-0.3, -0.25) is 4.79 Å². The van der Waals surface area contributed by atoms with Crippen LogP contribution in [0.25, 0.3) is 0 Å². The van der Waals surface area contributed by atoms with Crippen molar-refractivity contribution in [2.75, 3.05) is 6.54 Å². The van der Waals surface area contributed by atoms with Crippen LogP contribution in [0.5, 0.6) is 0 Å². The topological polar surface area (TPSA) is 67.4 Å². The summed E-state index contributed by atoms with van der Waals surface area (Å²) in [6.45, 7) is 6.89. The summed E-state index contributed by atoms with van der Waals surface area (Å²) in [5.74, 6) is -1.76. The highest BCUT2D eigenvalue weighted by Crippen LogP contribution is 2.17. The Labute approximate surface area is 134 Å². The van der Waals surface area contributed by atoms with Crippen molar-refractivity contribution < 1.29 is 23.1 Å². The largest absolute Gasteiger partial charge is 0.444 e. The Hall–Kier alpha value is -2.18. The van der Waals surface area contributed by atoms with Gasteiger partial charge in [0.2, 0.25) is 5.91 Å². The first-order chi connectivity index (χ1) is 10.6. The lowest BCUT2D eigenvalue weighted by Crippen LogP contribution is -2.35. The molecule has 2 N–H and O–H groups in total. The summed E-state index contributed by atoms with van der Waals surface area (Å²) in [5, 5.41) is 5.04. The molecule has 1 aromatic rings. The Kier molecular flexibility index (Phi) is 6.48. The third-order valence-electron chi connectivity index (χ3n) is 2.83. The van der Waals surface area contributed by atoms with E-state index < -0.39 is 29.4 Å². The second-order valence-corrected chi connectivity index (χ2v) is 6.13. The third-order valence-corrected chi connectivity index (χ3v) is 2.83. The average Bonchev–Trinajstić information content (AvgIpc) is 2.35. The van der Waals surface area contributed by atoms with Gasteiger partial charge in [0, 0.05) is 24.6 Å². The molecule has 0 heterocycles. The Balaban J connectivity index is 2.40. The fourth-order valence-corrected chi connectivity index (χ4v) is 1.84. The second kappa shape index (κ2) is 7.89. The number of alkyl carbamates (subject to hydrolysis) is 1. The lowest BCUT2D eigenvalue weighted by atomic mass is 10.1. The summed E-state index contributed by atoms with van der Waals surface area (Å²) in [5.41, 5.74) is -0.416. The molecule has 1 atom stereocenters. The summed E-state index contributed by atoms with van der Waals surface area (Å²) < 4.78 is 31.5. The van der Waals surface area contributed by atoms with Crippen LogP contribution in [0.4, 0.5) is 13.6 Å². The number of carbonyl (C=O) groups excluding carboxylic acids is 2. The third kappa shape index (κ3) is 7.08. The molecule has 0 aliphatic carbocycles. The molecule has 128 valence electrons. The standard InChI is InChI=1S/C16H22F2N2O3/c1-10(12-6-5-11(17)9-13(12)18)20-14(21)7-8-19-15(22)23-16(2,3)4/h5-6,9-10H,7-8H2,1-4H3,(H,19,22)(H,20,21)/t10-/m1/s1. The van der Waals surface area contributed by atoms with Gasteiger partial charge >= 0.3 is 6.09 Å². The monoisotopic (exact) mass is 328 g/mol. The van der Waals surface area contributed by atoms with Crippen LogP contribution >= 0.6 is 0 Å². The van der Waals surface area contributed by atoms with E-state index in [9.17, 15) is 18.4 Å². The van der Waals surface area contributed by atoms with Crippen molar-refractivity contribution >= 4 is 12.0 Å². The average molecular weight is 328 g/mol. The van der Waals surface area contributed by atoms with E-state index in [1.54, 1.807) is 27.7 Å². The number of hydrogen-bond acceptors (Lipinski definition) is 3. The Bertz CT molecular complexity index is 571. The maximum atomic E-state index is 13.6. The van der Waals surface area contributed by atoms with E-state index in [2.05, 4.69) is 10.6 Å². The number of hydrogen-bond donors (Lipinski definition) is 2. The van der Waals surface area contributed by atoms with Gasteiger partial charge in [0.15, 0.2) is 0 Å². The van der Waals surface area contributed by atoms with Crippen LogP contribution < -0.4 is 10.6 Å². The zero-order chi connectivity index (χ0) is 17.6.